The molecule has 0 spiro atoms. The van der Waals surface area contributed by atoms with E-state index >= 15 is 0 Å². The van der Waals surface area contributed by atoms with E-state index in [1.807, 2.05) is 46.1 Å². The normalized spacial score (nSPS) is 16.6. The van der Waals surface area contributed by atoms with E-state index in [0.29, 0.717) is 23.4 Å². The Labute approximate surface area is 198 Å². The highest BCUT2D eigenvalue weighted by atomic mass is 19.4. The Kier molecular flexibility index (Phi) is 4.77. The zero-order valence-corrected chi connectivity index (χ0v) is 18.9. The van der Waals surface area contributed by atoms with Crippen LogP contribution in [0.25, 0.3) is 27.6 Å². The highest BCUT2D eigenvalue weighted by Gasteiger charge is 2.32. The number of nitrogens with zero attached hydrogens (tertiary/aromatic N) is 4. The number of benzene rings is 2. The number of hydrogen-bond acceptors (Lipinski definition) is 2. The van der Waals surface area contributed by atoms with Gasteiger partial charge in [0.25, 0.3) is 5.91 Å². The van der Waals surface area contributed by atoms with Crippen molar-refractivity contribution in [1.29, 1.82) is 0 Å². The minimum atomic E-state index is -4.40. The van der Waals surface area contributed by atoms with Gasteiger partial charge in [-0.3, -0.25) is 14.0 Å². The summed E-state index contributed by atoms with van der Waals surface area (Å²) in [7, 11) is 1.79. The number of carbonyl (C=O) groups excluding carboxylic acids is 1. The van der Waals surface area contributed by atoms with Gasteiger partial charge in [-0.05, 0) is 67.4 Å². The van der Waals surface area contributed by atoms with E-state index in [4.69, 9.17) is 0 Å². The molecule has 5 aromatic rings. The molecule has 2 aromatic carbocycles. The molecule has 35 heavy (non-hydrogen) atoms. The van der Waals surface area contributed by atoms with E-state index in [9.17, 15) is 18.0 Å². The fourth-order valence-electron chi connectivity index (χ4n) is 5.14. The lowest BCUT2D eigenvalue weighted by Crippen LogP contribution is -2.30. The molecule has 1 unspecified atom stereocenters. The Morgan fingerprint density at radius 3 is 2.60 bits per heavy atom. The number of carbonyl (C=O) groups is 1. The van der Waals surface area contributed by atoms with Gasteiger partial charge in [0.1, 0.15) is 0 Å². The van der Waals surface area contributed by atoms with Gasteiger partial charge >= 0.3 is 6.18 Å². The average Bonchev–Trinajstić information content (AvgIpc) is 3.61. The first-order chi connectivity index (χ1) is 16.8. The molecule has 1 saturated heterocycles. The van der Waals surface area contributed by atoms with Crippen molar-refractivity contribution in [2.45, 2.75) is 25.1 Å². The van der Waals surface area contributed by atoms with Crippen molar-refractivity contribution < 1.29 is 18.0 Å². The molecule has 1 N–H and O–H groups in total. The second-order valence-corrected chi connectivity index (χ2v) is 8.93. The van der Waals surface area contributed by atoms with Crippen LogP contribution in [0.2, 0.25) is 0 Å². The van der Waals surface area contributed by atoms with Gasteiger partial charge in [-0.15, -0.1) is 0 Å². The molecule has 1 aliphatic heterocycles. The van der Waals surface area contributed by atoms with Crippen molar-refractivity contribution in [2.75, 3.05) is 6.54 Å². The molecule has 0 saturated carbocycles. The molecule has 0 aliphatic carbocycles. The van der Waals surface area contributed by atoms with Gasteiger partial charge in [-0.2, -0.15) is 18.3 Å². The second kappa shape index (κ2) is 7.76. The van der Waals surface area contributed by atoms with Crippen molar-refractivity contribution in [3.05, 3.63) is 83.8 Å². The smallest absolute Gasteiger partial charge is 0.363 e. The van der Waals surface area contributed by atoms with Crippen molar-refractivity contribution in [3.8, 4) is 5.69 Å². The van der Waals surface area contributed by atoms with Crippen LogP contribution >= 0.6 is 0 Å². The maximum absolute atomic E-state index is 13.5. The Hall–Kier alpha value is -4.01. The first kappa shape index (κ1) is 21.5. The minimum absolute atomic E-state index is 0.0170. The van der Waals surface area contributed by atoms with Crippen LogP contribution in [0.15, 0.2) is 67.0 Å². The number of likely N-dealkylation sites (tertiary alicyclic amines) is 1. The number of nitrogens with one attached hydrogen (secondary N) is 1. The van der Waals surface area contributed by atoms with Crippen LogP contribution in [0.5, 0.6) is 0 Å². The van der Waals surface area contributed by atoms with Crippen molar-refractivity contribution in [3.63, 3.8) is 0 Å². The number of rotatable bonds is 3. The van der Waals surface area contributed by atoms with Crippen molar-refractivity contribution >= 4 is 27.8 Å². The molecule has 6 nitrogen and oxygen atoms in total. The van der Waals surface area contributed by atoms with Crippen LogP contribution in [0.4, 0.5) is 13.2 Å². The summed E-state index contributed by atoms with van der Waals surface area (Å²) in [6.45, 7) is 0.690. The van der Waals surface area contributed by atoms with Gasteiger partial charge < -0.3 is 9.88 Å². The Morgan fingerprint density at radius 1 is 1.09 bits per heavy atom. The number of amides is 1. The van der Waals surface area contributed by atoms with Gasteiger partial charge in [0.05, 0.1) is 17.1 Å². The highest BCUT2D eigenvalue weighted by Crippen LogP contribution is 2.36. The standard InChI is InChI=1S/C26H22F3N5O/c1-32-15-20-19-14-16(25(35)33-13-3-5-23(33)21-4-2-12-30-21)6-11-22(19)34(24(20)31-32)18-9-7-17(8-10-18)26(27,28)29/h2,4,6-12,14-15,23,30H,3,5,13H2,1H3. The number of H-pyrrole nitrogens is 1. The molecule has 1 amide bonds. The summed E-state index contributed by atoms with van der Waals surface area (Å²) < 4.78 is 42.7. The number of halogens is 3. The predicted molar refractivity (Wildman–Crippen MR) is 126 cm³/mol. The molecular weight excluding hydrogens is 455 g/mol. The van der Waals surface area contributed by atoms with Crippen LogP contribution < -0.4 is 0 Å². The highest BCUT2D eigenvalue weighted by molar-refractivity contribution is 6.10. The Bertz CT molecular complexity index is 1540. The lowest BCUT2D eigenvalue weighted by molar-refractivity contribution is -0.137. The second-order valence-electron chi connectivity index (χ2n) is 8.93. The third-order valence-electron chi connectivity index (χ3n) is 6.74. The molecule has 3 aromatic heterocycles. The topological polar surface area (TPSA) is 58.9 Å². The summed E-state index contributed by atoms with van der Waals surface area (Å²) in [6, 6.07) is 14.5. The van der Waals surface area contributed by atoms with Crippen LogP contribution in [0.3, 0.4) is 0 Å². The average molecular weight is 477 g/mol. The Morgan fingerprint density at radius 2 is 1.89 bits per heavy atom. The number of aromatic nitrogens is 4. The molecule has 1 atom stereocenters. The lowest BCUT2D eigenvalue weighted by atomic mass is 10.1. The fourth-order valence-corrected chi connectivity index (χ4v) is 5.14. The molecule has 0 radical (unpaired) electrons. The molecule has 0 bridgehead atoms. The Balaban J connectivity index is 1.44. The number of aromatic amines is 1. The van der Waals surface area contributed by atoms with Crippen LogP contribution in [-0.4, -0.2) is 36.7 Å². The van der Waals surface area contributed by atoms with Gasteiger partial charge in [-0.1, -0.05) is 0 Å². The quantitative estimate of drug-likeness (QED) is 0.355. The minimum Gasteiger partial charge on any atom is -0.363 e. The third kappa shape index (κ3) is 3.50. The van der Waals surface area contributed by atoms with Crippen LogP contribution in [0, 0.1) is 0 Å². The molecular formula is C26H22F3N5O. The predicted octanol–water partition coefficient (Wildman–Crippen LogP) is 5.84. The number of aryl methyl sites for hydroxylation is 1. The van der Waals surface area contributed by atoms with E-state index in [0.717, 1.165) is 47.0 Å². The molecule has 1 fully saturated rings. The van der Waals surface area contributed by atoms with Crippen molar-refractivity contribution in [1.82, 2.24) is 24.2 Å². The van der Waals surface area contributed by atoms with E-state index < -0.39 is 11.7 Å². The summed E-state index contributed by atoms with van der Waals surface area (Å²) in [6.07, 6.45) is 1.18. The van der Waals surface area contributed by atoms with E-state index in [1.54, 1.807) is 17.8 Å². The SMILES string of the molecule is Cn1cc2c3cc(C(=O)N4CCCC4c4ccc[nH]4)ccc3n(-c3ccc(C(F)(F)F)cc3)c2n1. The number of fused-ring (bicyclic) bond motifs is 3. The zero-order chi connectivity index (χ0) is 24.3. The molecule has 1 aliphatic rings. The lowest BCUT2D eigenvalue weighted by Gasteiger charge is -2.24. The maximum atomic E-state index is 13.5. The third-order valence-corrected chi connectivity index (χ3v) is 6.74. The first-order valence-corrected chi connectivity index (χ1v) is 11.4. The van der Waals surface area contributed by atoms with E-state index in [2.05, 4.69) is 10.1 Å². The first-order valence-electron chi connectivity index (χ1n) is 11.4. The molecule has 178 valence electrons. The summed E-state index contributed by atoms with van der Waals surface area (Å²) in [4.78, 5) is 18.7. The van der Waals surface area contributed by atoms with Gasteiger partial charge in [0.15, 0.2) is 5.65 Å². The number of alkyl halides is 3. The molecule has 6 rings (SSSR count). The monoisotopic (exact) mass is 477 g/mol. The van der Waals surface area contributed by atoms with Crippen LogP contribution in [-0.2, 0) is 13.2 Å². The summed E-state index contributed by atoms with van der Waals surface area (Å²) in [5, 5.41) is 6.21. The molecule has 4 heterocycles. The molecule has 9 heteroatoms. The maximum Gasteiger partial charge on any atom is 0.416 e. The van der Waals surface area contributed by atoms with E-state index in [-0.39, 0.29) is 11.9 Å². The van der Waals surface area contributed by atoms with Crippen LogP contribution in [0.1, 0.15) is 40.5 Å². The fraction of sp³-hybridized carbons (Fsp3) is 0.231. The summed E-state index contributed by atoms with van der Waals surface area (Å²) in [5.74, 6) is -0.0386. The summed E-state index contributed by atoms with van der Waals surface area (Å²) in [5.41, 5.74) is 2.87. The number of hydrogen-bond donors (Lipinski definition) is 1. The zero-order valence-electron chi connectivity index (χ0n) is 18.9. The van der Waals surface area contributed by atoms with Crippen molar-refractivity contribution in [2.24, 2.45) is 7.05 Å². The van der Waals surface area contributed by atoms with Gasteiger partial charge in [-0.25, -0.2) is 0 Å². The summed E-state index contributed by atoms with van der Waals surface area (Å²) >= 11 is 0. The van der Waals surface area contributed by atoms with E-state index in [1.165, 1.54) is 12.1 Å². The van der Waals surface area contributed by atoms with Gasteiger partial charge in [0, 0.05) is 53.7 Å². The van der Waals surface area contributed by atoms with Gasteiger partial charge in [0.2, 0.25) is 0 Å². The largest absolute Gasteiger partial charge is 0.416 e.